The molecule has 0 atom stereocenters. The highest BCUT2D eigenvalue weighted by Crippen LogP contribution is 2.42. The fraction of sp³-hybridized carbons (Fsp3) is 0. The van der Waals surface area contributed by atoms with Gasteiger partial charge in [-0.3, -0.25) is 0 Å². The molecule has 0 aromatic heterocycles. The van der Waals surface area contributed by atoms with Gasteiger partial charge in [-0.2, -0.15) is 0 Å². The maximum atomic E-state index is 9.74. The van der Waals surface area contributed by atoms with Crippen molar-refractivity contribution in [3.05, 3.63) is 84.9 Å². The topological polar surface area (TPSA) is 133 Å². The van der Waals surface area contributed by atoms with Crippen LogP contribution >= 0.6 is 0 Å². The molecule has 0 fully saturated rings. The van der Waals surface area contributed by atoms with Crippen LogP contribution in [-0.4, -0.2) is 20.4 Å². The van der Waals surface area contributed by atoms with Gasteiger partial charge in [-0.15, -0.1) is 0 Å². The summed E-state index contributed by atoms with van der Waals surface area (Å²) in [7, 11) is 0. The number of aromatic hydroxyl groups is 4. The first kappa shape index (κ1) is 20.4. The first-order valence-corrected chi connectivity index (χ1v) is 9.10. The van der Waals surface area contributed by atoms with Crippen molar-refractivity contribution < 1.29 is 20.4 Å². The van der Waals surface area contributed by atoms with E-state index in [0.29, 0.717) is 0 Å². The summed E-state index contributed by atoms with van der Waals surface area (Å²) in [6.07, 6.45) is 0. The molecule has 6 nitrogen and oxygen atoms in total. The van der Waals surface area contributed by atoms with E-state index in [4.69, 9.17) is 11.5 Å². The van der Waals surface area contributed by atoms with Gasteiger partial charge >= 0.3 is 0 Å². The second-order valence-corrected chi connectivity index (χ2v) is 6.59. The Hall–Kier alpha value is -4.32. The Labute approximate surface area is 173 Å². The lowest BCUT2D eigenvalue weighted by Crippen LogP contribution is -1.90. The second-order valence-electron chi connectivity index (χ2n) is 6.59. The average Bonchev–Trinajstić information content (AvgIpc) is 2.75. The largest absolute Gasteiger partial charge is 0.507 e. The Kier molecular flexibility index (Phi) is 5.98. The number of nitrogens with two attached hydrogens (primary N) is 2. The normalized spacial score (nSPS) is 10.1. The van der Waals surface area contributed by atoms with Gasteiger partial charge in [-0.05, 0) is 23.3 Å². The Morgan fingerprint density at radius 3 is 1.10 bits per heavy atom. The van der Waals surface area contributed by atoms with E-state index < -0.39 is 0 Å². The van der Waals surface area contributed by atoms with Crippen molar-refractivity contribution >= 4 is 11.4 Å². The third-order valence-corrected chi connectivity index (χ3v) is 4.46. The van der Waals surface area contributed by atoms with Crippen molar-refractivity contribution in [1.29, 1.82) is 0 Å². The third kappa shape index (κ3) is 4.56. The van der Waals surface area contributed by atoms with Gasteiger partial charge in [0.05, 0.1) is 11.4 Å². The first-order valence-electron chi connectivity index (χ1n) is 9.10. The van der Waals surface area contributed by atoms with Gasteiger partial charge in [0.2, 0.25) is 0 Å². The predicted octanol–water partition coefficient (Wildman–Crippen LogP) is 4.69. The van der Waals surface area contributed by atoms with Crippen LogP contribution in [-0.2, 0) is 0 Å². The number of rotatable bonds is 2. The van der Waals surface area contributed by atoms with E-state index in [1.54, 1.807) is 0 Å². The molecule has 6 heteroatoms. The molecule has 4 rings (SSSR count). The van der Waals surface area contributed by atoms with Crippen LogP contribution < -0.4 is 11.5 Å². The molecule has 4 aromatic rings. The number of hydrogen-bond acceptors (Lipinski definition) is 6. The summed E-state index contributed by atoms with van der Waals surface area (Å²) < 4.78 is 0. The van der Waals surface area contributed by atoms with E-state index in [-0.39, 0.29) is 45.5 Å². The molecule has 30 heavy (non-hydrogen) atoms. The van der Waals surface area contributed by atoms with Crippen LogP contribution in [0.25, 0.3) is 22.3 Å². The van der Waals surface area contributed by atoms with E-state index in [2.05, 4.69) is 48.5 Å². The lowest BCUT2D eigenvalue weighted by molar-refractivity contribution is 0.457. The molecular formula is C24H22N2O4. The van der Waals surface area contributed by atoms with Crippen LogP contribution in [0.2, 0.25) is 0 Å². The monoisotopic (exact) mass is 402 g/mol. The van der Waals surface area contributed by atoms with Crippen molar-refractivity contribution in [2.45, 2.75) is 0 Å². The van der Waals surface area contributed by atoms with E-state index >= 15 is 0 Å². The lowest BCUT2D eigenvalue weighted by atomic mass is 10.0. The van der Waals surface area contributed by atoms with Gasteiger partial charge in [0.25, 0.3) is 0 Å². The van der Waals surface area contributed by atoms with Crippen LogP contribution in [0.15, 0.2) is 84.9 Å². The van der Waals surface area contributed by atoms with Crippen LogP contribution in [0.3, 0.4) is 0 Å². The molecule has 0 aliphatic carbocycles. The maximum absolute atomic E-state index is 9.74. The first-order chi connectivity index (χ1) is 14.4. The Morgan fingerprint density at radius 2 is 0.767 bits per heavy atom. The number of hydrogen-bond donors (Lipinski definition) is 6. The van der Waals surface area contributed by atoms with Gasteiger partial charge < -0.3 is 31.9 Å². The van der Waals surface area contributed by atoms with Crippen molar-refractivity contribution in [3.8, 4) is 45.3 Å². The van der Waals surface area contributed by atoms with Crippen molar-refractivity contribution in [1.82, 2.24) is 0 Å². The molecule has 0 unspecified atom stereocenters. The number of nitrogen functional groups attached to an aromatic ring is 2. The smallest absolute Gasteiger partial charge is 0.139 e. The molecular weight excluding hydrogens is 380 g/mol. The molecule has 152 valence electrons. The maximum Gasteiger partial charge on any atom is 0.139 e. The predicted molar refractivity (Wildman–Crippen MR) is 119 cm³/mol. The summed E-state index contributed by atoms with van der Waals surface area (Å²) >= 11 is 0. The molecule has 4 aromatic carbocycles. The standard InChI is InChI=1S/C12H12N2O4.C12H10/c13-7-3-9(15)5(1-11(7)17)6-2-12(18)8(14)4-10(6)16;1-3-7-11(8-4-1)12-9-5-2-6-10-12/h1-4,15-18H,13-14H2;1-10H. The minimum Gasteiger partial charge on any atom is -0.507 e. The van der Waals surface area contributed by atoms with Gasteiger partial charge in [-0.1, -0.05) is 60.7 Å². The SMILES string of the molecule is Nc1cc(O)c(-c2cc(O)c(N)cc2O)cc1O.c1ccc(-c2ccccc2)cc1. The van der Waals surface area contributed by atoms with Crippen molar-refractivity contribution in [3.63, 3.8) is 0 Å². The Bertz CT molecular complexity index is 1050. The van der Waals surface area contributed by atoms with Crippen LogP contribution in [0.4, 0.5) is 11.4 Å². The summed E-state index contributed by atoms with van der Waals surface area (Å²) in [5.41, 5.74) is 13.7. The van der Waals surface area contributed by atoms with E-state index in [9.17, 15) is 20.4 Å². The van der Waals surface area contributed by atoms with Gasteiger partial charge in [0, 0.05) is 23.3 Å². The number of benzene rings is 4. The van der Waals surface area contributed by atoms with Crippen molar-refractivity contribution in [2.24, 2.45) is 0 Å². The molecule has 0 radical (unpaired) electrons. The minimum atomic E-state index is -0.237. The summed E-state index contributed by atoms with van der Waals surface area (Å²) in [6, 6.07) is 25.5. The fourth-order valence-corrected chi connectivity index (χ4v) is 2.88. The summed E-state index contributed by atoms with van der Waals surface area (Å²) in [5.74, 6) is -0.938. The molecule has 0 aliphatic rings. The van der Waals surface area contributed by atoms with Gasteiger partial charge in [-0.25, -0.2) is 0 Å². The quantitative estimate of drug-likeness (QED) is 0.164. The van der Waals surface area contributed by atoms with Crippen LogP contribution in [0, 0.1) is 0 Å². The van der Waals surface area contributed by atoms with Crippen LogP contribution in [0.1, 0.15) is 0 Å². The highest BCUT2D eigenvalue weighted by molar-refractivity contribution is 5.82. The fourth-order valence-electron chi connectivity index (χ4n) is 2.88. The van der Waals surface area contributed by atoms with E-state index in [1.807, 2.05) is 12.1 Å². The zero-order chi connectivity index (χ0) is 21.7. The summed E-state index contributed by atoms with van der Waals surface area (Å²) in [6.45, 7) is 0. The number of anilines is 2. The minimum absolute atomic E-state index is 0.00964. The molecule has 0 bridgehead atoms. The Balaban J connectivity index is 0.000000184. The lowest BCUT2D eigenvalue weighted by Gasteiger charge is -2.11. The molecule has 0 amide bonds. The molecule has 0 spiro atoms. The number of phenols is 4. The highest BCUT2D eigenvalue weighted by Gasteiger charge is 2.14. The van der Waals surface area contributed by atoms with Gasteiger partial charge in [0.15, 0.2) is 0 Å². The number of phenolic OH excluding ortho intramolecular Hbond substituents is 4. The Morgan fingerprint density at radius 1 is 0.433 bits per heavy atom. The van der Waals surface area contributed by atoms with E-state index in [1.165, 1.54) is 23.3 Å². The molecule has 0 saturated heterocycles. The van der Waals surface area contributed by atoms with Crippen molar-refractivity contribution in [2.75, 3.05) is 11.5 Å². The molecule has 0 aliphatic heterocycles. The second kappa shape index (κ2) is 8.79. The zero-order valence-electron chi connectivity index (χ0n) is 16.0. The molecule has 0 saturated carbocycles. The third-order valence-electron chi connectivity index (χ3n) is 4.46. The molecule has 0 heterocycles. The average molecular weight is 402 g/mol. The van der Waals surface area contributed by atoms with E-state index in [0.717, 1.165) is 12.1 Å². The summed E-state index contributed by atoms with van der Waals surface area (Å²) in [5, 5.41) is 38.5. The van der Waals surface area contributed by atoms with Gasteiger partial charge in [0.1, 0.15) is 23.0 Å². The van der Waals surface area contributed by atoms with Crippen LogP contribution in [0.5, 0.6) is 23.0 Å². The summed E-state index contributed by atoms with van der Waals surface area (Å²) in [4.78, 5) is 0. The highest BCUT2D eigenvalue weighted by atomic mass is 16.3. The zero-order valence-corrected chi connectivity index (χ0v) is 16.0. The molecule has 8 N–H and O–H groups in total.